The van der Waals surface area contributed by atoms with Crippen LogP contribution >= 0.6 is 11.3 Å². The van der Waals surface area contributed by atoms with E-state index in [9.17, 15) is 4.79 Å². The number of nitrogens with zero attached hydrogens (tertiary/aromatic N) is 3. The van der Waals surface area contributed by atoms with Gasteiger partial charge in [-0.3, -0.25) is 4.79 Å². The lowest BCUT2D eigenvalue weighted by Crippen LogP contribution is -2.23. The van der Waals surface area contributed by atoms with E-state index >= 15 is 0 Å². The third-order valence-electron chi connectivity index (χ3n) is 4.95. The average molecular weight is 482 g/mol. The summed E-state index contributed by atoms with van der Waals surface area (Å²) >= 11 is 1.24. The molecule has 0 saturated carbocycles. The van der Waals surface area contributed by atoms with Crippen LogP contribution in [0, 0.1) is 0 Å². The molecule has 0 aliphatic carbocycles. The minimum Gasteiger partial charge on any atom is -0.493 e. The molecular formula is C24H23N3O6S. The quantitative estimate of drug-likeness (QED) is 0.337. The zero-order chi connectivity index (χ0) is 24.2. The van der Waals surface area contributed by atoms with Gasteiger partial charge in [0.15, 0.2) is 28.8 Å². The molecule has 0 N–H and O–H groups in total. The Morgan fingerprint density at radius 2 is 1.68 bits per heavy atom. The lowest BCUT2D eigenvalue weighted by atomic mass is 10.1. The molecule has 0 aliphatic rings. The van der Waals surface area contributed by atoms with Crippen LogP contribution in [-0.4, -0.2) is 49.6 Å². The molecule has 4 rings (SSSR count). The van der Waals surface area contributed by atoms with Crippen molar-refractivity contribution in [3.63, 3.8) is 0 Å². The number of benzene rings is 2. The monoisotopic (exact) mass is 481 g/mol. The summed E-state index contributed by atoms with van der Waals surface area (Å²) in [6.07, 6.45) is 3.42. The Morgan fingerprint density at radius 3 is 2.26 bits per heavy atom. The minimum atomic E-state index is -0.267. The van der Waals surface area contributed by atoms with Crippen LogP contribution in [0.3, 0.4) is 0 Å². The van der Waals surface area contributed by atoms with E-state index in [2.05, 4.69) is 16.7 Å². The predicted octanol–water partition coefficient (Wildman–Crippen LogP) is 2.96. The van der Waals surface area contributed by atoms with Crippen LogP contribution in [0.5, 0.6) is 28.7 Å². The third-order valence-corrected chi connectivity index (χ3v) is 5.91. The van der Waals surface area contributed by atoms with Crippen LogP contribution in [0.4, 0.5) is 0 Å². The van der Waals surface area contributed by atoms with Crippen molar-refractivity contribution in [2.75, 3.05) is 35.0 Å². The van der Waals surface area contributed by atoms with Crippen molar-refractivity contribution >= 4 is 22.4 Å². The molecule has 0 atom stereocenters. The second kappa shape index (κ2) is 9.84. The highest BCUT2D eigenvalue weighted by molar-refractivity contribution is 7.15. The molecule has 9 nitrogen and oxygen atoms in total. The smallest absolute Gasteiger partial charge is 0.291 e. The van der Waals surface area contributed by atoms with Gasteiger partial charge in [0.05, 0.1) is 33.0 Å². The molecule has 0 bridgehead atoms. The second-order valence-electron chi connectivity index (χ2n) is 6.97. The fourth-order valence-corrected chi connectivity index (χ4v) is 4.27. The van der Waals surface area contributed by atoms with Crippen LogP contribution < -0.4 is 33.8 Å². The number of hydrogen-bond acceptors (Lipinski definition) is 9. The fourth-order valence-electron chi connectivity index (χ4n) is 3.36. The van der Waals surface area contributed by atoms with Crippen molar-refractivity contribution in [3.05, 3.63) is 63.4 Å². The summed E-state index contributed by atoms with van der Waals surface area (Å²) in [7, 11) is 6.16. The SMILES string of the molecule is C=CCOc1ccc(C=c2sc3nc(-c4cc(OC)c(OC)c(OC)c4)nn3c2=O)cc1OC. The first kappa shape index (κ1) is 23.1. The molecule has 34 heavy (non-hydrogen) atoms. The summed E-state index contributed by atoms with van der Waals surface area (Å²) in [6, 6.07) is 8.91. The zero-order valence-electron chi connectivity index (χ0n) is 19.2. The van der Waals surface area contributed by atoms with E-state index < -0.39 is 0 Å². The van der Waals surface area contributed by atoms with Gasteiger partial charge in [-0.2, -0.15) is 9.50 Å². The summed E-state index contributed by atoms with van der Waals surface area (Å²) in [4.78, 5) is 18.0. The molecule has 10 heteroatoms. The summed E-state index contributed by atoms with van der Waals surface area (Å²) < 4.78 is 28.9. The zero-order valence-corrected chi connectivity index (χ0v) is 20.0. The Bertz CT molecular complexity index is 1430. The lowest BCUT2D eigenvalue weighted by Gasteiger charge is -2.12. The number of methoxy groups -OCH3 is 4. The van der Waals surface area contributed by atoms with Gasteiger partial charge in [0.2, 0.25) is 10.7 Å². The van der Waals surface area contributed by atoms with Gasteiger partial charge >= 0.3 is 0 Å². The summed E-state index contributed by atoms with van der Waals surface area (Å²) in [5.41, 5.74) is 1.15. The van der Waals surface area contributed by atoms with Crippen LogP contribution in [-0.2, 0) is 0 Å². The molecule has 2 aromatic heterocycles. The van der Waals surface area contributed by atoms with E-state index in [1.54, 1.807) is 43.5 Å². The highest BCUT2D eigenvalue weighted by Gasteiger charge is 2.18. The Labute approximate surface area is 199 Å². The molecule has 2 heterocycles. The molecule has 0 saturated heterocycles. The van der Waals surface area contributed by atoms with Crippen LogP contribution in [0.25, 0.3) is 22.4 Å². The fraction of sp³-hybridized carbons (Fsp3) is 0.208. The van der Waals surface area contributed by atoms with E-state index in [0.717, 1.165) is 5.56 Å². The molecular weight excluding hydrogens is 458 g/mol. The highest BCUT2D eigenvalue weighted by atomic mass is 32.1. The van der Waals surface area contributed by atoms with Gasteiger partial charge in [-0.1, -0.05) is 30.1 Å². The summed E-state index contributed by atoms with van der Waals surface area (Å²) in [6.45, 7) is 4.01. The number of ether oxygens (including phenoxy) is 5. The van der Waals surface area contributed by atoms with E-state index in [4.69, 9.17) is 23.7 Å². The summed E-state index contributed by atoms with van der Waals surface area (Å²) in [5.74, 6) is 2.94. The van der Waals surface area contributed by atoms with Crippen molar-refractivity contribution in [1.82, 2.24) is 14.6 Å². The van der Waals surface area contributed by atoms with E-state index in [0.29, 0.717) is 56.2 Å². The molecule has 0 amide bonds. The van der Waals surface area contributed by atoms with E-state index in [1.807, 2.05) is 6.07 Å². The van der Waals surface area contributed by atoms with Crippen molar-refractivity contribution in [2.45, 2.75) is 0 Å². The van der Waals surface area contributed by atoms with Gasteiger partial charge in [0.1, 0.15) is 6.61 Å². The number of hydrogen-bond donors (Lipinski definition) is 0. The predicted molar refractivity (Wildman–Crippen MR) is 130 cm³/mol. The van der Waals surface area contributed by atoms with E-state index in [-0.39, 0.29) is 5.56 Å². The Kier molecular flexibility index (Phi) is 6.69. The molecule has 0 aliphatic heterocycles. The van der Waals surface area contributed by atoms with Gasteiger partial charge < -0.3 is 23.7 Å². The maximum atomic E-state index is 13.0. The number of fused-ring (bicyclic) bond motifs is 1. The Balaban J connectivity index is 1.73. The van der Waals surface area contributed by atoms with Gasteiger partial charge in [-0.05, 0) is 35.9 Å². The topological polar surface area (TPSA) is 93.4 Å². The molecule has 0 radical (unpaired) electrons. The van der Waals surface area contributed by atoms with Gasteiger partial charge in [0.25, 0.3) is 5.56 Å². The van der Waals surface area contributed by atoms with E-state index in [1.165, 1.54) is 37.2 Å². The minimum absolute atomic E-state index is 0.267. The molecule has 0 unspecified atom stereocenters. The van der Waals surface area contributed by atoms with Crippen molar-refractivity contribution in [2.24, 2.45) is 0 Å². The van der Waals surface area contributed by atoms with Crippen LogP contribution in [0.1, 0.15) is 5.56 Å². The number of thiazole rings is 1. The van der Waals surface area contributed by atoms with Crippen molar-refractivity contribution in [1.29, 1.82) is 0 Å². The first-order chi connectivity index (χ1) is 16.5. The Morgan fingerprint density at radius 1 is 0.971 bits per heavy atom. The third kappa shape index (κ3) is 4.27. The van der Waals surface area contributed by atoms with Crippen molar-refractivity contribution in [3.8, 4) is 40.1 Å². The molecule has 0 fully saturated rings. The largest absolute Gasteiger partial charge is 0.493 e. The first-order valence-corrected chi connectivity index (χ1v) is 11.0. The van der Waals surface area contributed by atoms with Crippen molar-refractivity contribution < 1.29 is 23.7 Å². The average Bonchev–Trinajstić information content (AvgIpc) is 3.41. The molecule has 4 aromatic rings. The normalized spacial score (nSPS) is 11.5. The molecule has 2 aromatic carbocycles. The highest BCUT2D eigenvalue weighted by Crippen LogP contribution is 2.40. The molecule has 0 spiro atoms. The number of aromatic nitrogens is 3. The van der Waals surface area contributed by atoms with Gasteiger partial charge in [0, 0.05) is 5.56 Å². The van der Waals surface area contributed by atoms with Gasteiger partial charge in [-0.25, -0.2) is 0 Å². The number of rotatable bonds is 9. The maximum Gasteiger partial charge on any atom is 0.291 e. The Hall–Kier alpha value is -4.05. The standard InChI is InChI=1S/C24H23N3O6S/c1-6-9-33-16-8-7-14(10-17(16)29-2)11-20-23(28)27-24(34-20)25-22(26-27)15-12-18(30-3)21(32-5)19(13-15)31-4/h6-8,10-13H,1,9H2,2-5H3. The van der Waals surface area contributed by atoms with Gasteiger partial charge in [-0.15, -0.1) is 5.10 Å². The van der Waals surface area contributed by atoms with Crippen LogP contribution in [0.15, 0.2) is 47.8 Å². The first-order valence-electron chi connectivity index (χ1n) is 10.2. The lowest BCUT2D eigenvalue weighted by molar-refractivity contribution is 0.324. The maximum absolute atomic E-state index is 13.0. The van der Waals surface area contributed by atoms with Crippen LogP contribution in [0.2, 0.25) is 0 Å². The molecule has 176 valence electrons. The summed E-state index contributed by atoms with van der Waals surface area (Å²) in [5, 5.41) is 4.41. The second-order valence-corrected chi connectivity index (χ2v) is 7.98.